The average Bonchev–Trinajstić information content (AvgIpc) is 3.33. The van der Waals surface area contributed by atoms with Gasteiger partial charge < -0.3 is 10.6 Å². The van der Waals surface area contributed by atoms with Crippen molar-refractivity contribution in [2.24, 2.45) is 0 Å². The Morgan fingerprint density at radius 3 is 2.66 bits per heavy atom. The van der Waals surface area contributed by atoms with Crippen LogP contribution in [0.25, 0.3) is 9.88 Å². The summed E-state index contributed by atoms with van der Waals surface area (Å²) in [7, 11) is 0. The van der Waals surface area contributed by atoms with E-state index < -0.39 is 17.5 Å². The van der Waals surface area contributed by atoms with Crippen LogP contribution < -0.4 is 16.0 Å². The Hall–Kier alpha value is -2.75. The molecular formula is C19H15ClN4O3S2. The molecule has 1 fully saturated rings. The second-order valence-corrected chi connectivity index (χ2v) is 9.32. The minimum absolute atomic E-state index is 0.295. The first-order chi connectivity index (χ1) is 13.8. The Morgan fingerprint density at radius 1 is 1.21 bits per heavy atom. The Morgan fingerprint density at radius 2 is 2.00 bits per heavy atom. The number of urea groups is 1. The second-order valence-electron chi connectivity index (χ2n) is 6.61. The van der Waals surface area contributed by atoms with E-state index in [2.05, 4.69) is 20.9 Å². The quantitative estimate of drug-likeness (QED) is 0.524. The summed E-state index contributed by atoms with van der Waals surface area (Å²) in [5.41, 5.74) is 0.506. The Bertz CT molecular complexity index is 1160. The summed E-state index contributed by atoms with van der Waals surface area (Å²) in [6.07, 6.45) is 0. The molecule has 3 heterocycles. The molecule has 2 aromatic heterocycles. The van der Waals surface area contributed by atoms with E-state index in [-0.39, 0.29) is 5.91 Å². The predicted octanol–water partition coefficient (Wildman–Crippen LogP) is 4.14. The van der Waals surface area contributed by atoms with Gasteiger partial charge in [0.05, 0.1) is 14.9 Å². The number of thiophene rings is 1. The molecule has 1 aromatic carbocycles. The van der Waals surface area contributed by atoms with Crippen LogP contribution in [0.5, 0.6) is 0 Å². The van der Waals surface area contributed by atoms with Gasteiger partial charge in [-0.3, -0.25) is 14.9 Å². The van der Waals surface area contributed by atoms with Crippen molar-refractivity contribution in [3.05, 3.63) is 56.9 Å². The predicted molar refractivity (Wildman–Crippen MR) is 114 cm³/mol. The number of benzene rings is 1. The maximum Gasteiger partial charge on any atom is 0.322 e. The fourth-order valence-corrected chi connectivity index (χ4v) is 5.04. The number of rotatable bonds is 4. The number of aryl methyl sites for hydroxylation is 1. The van der Waals surface area contributed by atoms with Crippen LogP contribution in [0.15, 0.2) is 36.4 Å². The van der Waals surface area contributed by atoms with Crippen molar-refractivity contribution in [1.29, 1.82) is 0 Å². The molecule has 0 saturated carbocycles. The first-order valence-corrected chi connectivity index (χ1v) is 10.6. The Kier molecular flexibility index (Phi) is 4.89. The van der Waals surface area contributed by atoms with Crippen LogP contribution in [0.2, 0.25) is 4.34 Å². The molecule has 4 amide bonds. The van der Waals surface area contributed by atoms with Gasteiger partial charge in [-0.05, 0) is 43.7 Å². The first-order valence-electron chi connectivity index (χ1n) is 8.55. The molecule has 4 rings (SSSR count). The first kappa shape index (κ1) is 19.6. The SMILES string of the molecule is Cc1nc(-c2ccc(Cl)s2)sc1C(=O)Nc1cccc(C2(C)NC(=O)NC2=O)c1. The zero-order valence-corrected chi connectivity index (χ0v) is 17.7. The number of hydrogen-bond acceptors (Lipinski definition) is 6. The smallest absolute Gasteiger partial charge is 0.321 e. The highest BCUT2D eigenvalue weighted by molar-refractivity contribution is 7.24. The molecule has 3 aromatic rings. The highest BCUT2D eigenvalue weighted by Gasteiger charge is 2.43. The van der Waals surface area contributed by atoms with Crippen LogP contribution in [-0.2, 0) is 10.3 Å². The molecule has 29 heavy (non-hydrogen) atoms. The molecule has 0 aliphatic carbocycles. The van der Waals surface area contributed by atoms with Crippen LogP contribution in [0, 0.1) is 6.92 Å². The average molecular weight is 447 g/mol. The minimum Gasteiger partial charge on any atom is -0.321 e. The van der Waals surface area contributed by atoms with Gasteiger partial charge in [0, 0.05) is 5.69 Å². The summed E-state index contributed by atoms with van der Waals surface area (Å²) in [6, 6.07) is 9.94. The zero-order valence-electron chi connectivity index (χ0n) is 15.3. The van der Waals surface area contributed by atoms with E-state index in [9.17, 15) is 14.4 Å². The van der Waals surface area contributed by atoms with Crippen LogP contribution in [0.1, 0.15) is 27.9 Å². The number of halogens is 1. The standard InChI is InChI=1S/C19H15ClN4O3S2/c1-9-14(29-16(21-9)12-6-7-13(20)28-12)15(25)22-11-5-3-4-10(8-11)19(2)17(26)23-18(27)24-19/h3-8H,1-2H3,(H,22,25)(H2,23,24,26,27). The van der Waals surface area contributed by atoms with E-state index in [0.29, 0.717) is 26.2 Å². The summed E-state index contributed by atoms with van der Waals surface area (Å²) in [6.45, 7) is 3.39. The van der Waals surface area contributed by atoms with Crippen molar-refractivity contribution in [3.63, 3.8) is 0 Å². The van der Waals surface area contributed by atoms with Crippen LogP contribution in [0.3, 0.4) is 0 Å². The van der Waals surface area contributed by atoms with Gasteiger partial charge in [-0.1, -0.05) is 23.7 Å². The largest absolute Gasteiger partial charge is 0.322 e. The van der Waals surface area contributed by atoms with E-state index in [4.69, 9.17) is 11.6 Å². The molecule has 1 atom stereocenters. The van der Waals surface area contributed by atoms with Gasteiger partial charge in [0.1, 0.15) is 15.4 Å². The molecule has 148 valence electrons. The summed E-state index contributed by atoms with van der Waals surface area (Å²) < 4.78 is 0.659. The number of nitrogens with one attached hydrogen (secondary N) is 3. The lowest BCUT2D eigenvalue weighted by molar-refractivity contribution is -0.123. The highest BCUT2D eigenvalue weighted by atomic mass is 35.5. The van der Waals surface area contributed by atoms with Crippen molar-refractivity contribution >= 4 is 57.8 Å². The van der Waals surface area contributed by atoms with E-state index in [1.165, 1.54) is 22.7 Å². The maximum atomic E-state index is 12.8. The van der Waals surface area contributed by atoms with E-state index in [0.717, 1.165) is 9.88 Å². The molecule has 3 N–H and O–H groups in total. The third-order valence-corrected chi connectivity index (χ3v) is 7.09. The molecule has 1 unspecified atom stereocenters. The van der Waals surface area contributed by atoms with Gasteiger partial charge >= 0.3 is 6.03 Å². The van der Waals surface area contributed by atoms with Gasteiger partial charge in [-0.15, -0.1) is 22.7 Å². The minimum atomic E-state index is -1.19. The number of nitrogens with zero attached hydrogens (tertiary/aromatic N) is 1. The van der Waals surface area contributed by atoms with E-state index in [1.54, 1.807) is 44.2 Å². The molecule has 1 aliphatic rings. The normalized spacial score (nSPS) is 18.4. The third-order valence-electron chi connectivity index (χ3n) is 4.53. The van der Waals surface area contributed by atoms with Crippen molar-refractivity contribution in [2.45, 2.75) is 19.4 Å². The number of anilines is 1. The second kappa shape index (κ2) is 7.25. The highest BCUT2D eigenvalue weighted by Crippen LogP contribution is 2.35. The molecular weight excluding hydrogens is 432 g/mol. The third kappa shape index (κ3) is 3.64. The Labute approximate surface area is 179 Å². The van der Waals surface area contributed by atoms with Gasteiger partial charge in [-0.25, -0.2) is 9.78 Å². The molecule has 0 bridgehead atoms. The number of carbonyl (C=O) groups is 3. The zero-order chi connectivity index (χ0) is 20.8. The van der Waals surface area contributed by atoms with Crippen molar-refractivity contribution < 1.29 is 14.4 Å². The number of carbonyl (C=O) groups excluding carboxylic acids is 3. The van der Waals surface area contributed by atoms with Gasteiger partial charge in [-0.2, -0.15) is 0 Å². The molecule has 1 saturated heterocycles. The molecule has 0 radical (unpaired) electrons. The number of hydrogen-bond donors (Lipinski definition) is 3. The van der Waals surface area contributed by atoms with Crippen molar-refractivity contribution in [3.8, 4) is 9.88 Å². The Balaban J connectivity index is 1.57. The van der Waals surface area contributed by atoms with Crippen molar-refractivity contribution in [1.82, 2.24) is 15.6 Å². The monoisotopic (exact) mass is 446 g/mol. The molecule has 1 aliphatic heterocycles. The van der Waals surface area contributed by atoms with Gasteiger partial charge in [0.25, 0.3) is 11.8 Å². The van der Waals surface area contributed by atoms with Gasteiger partial charge in [0.15, 0.2) is 0 Å². The van der Waals surface area contributed by atoms with Crippen LogP contribution in [0.4, 0.5) is 10.5 Å². The molecule has 7 nitrogen and oxygen atoms in total. The lowest BCUT2D eigenvalue weighted by atomic mass is 9.92. The lowest BCUT2D eigenvalue weighted by Crippen LogP contribution is -2.40. The maximum absolute atomic E-state index is 12.8. The summed E-state index contributed by atoms with van der Waals surface area (Å²) in [4.78, 5) is 42.3. The number of imide groups is 1. The lowest BCUT2D eigenvalue weighted by Gasteiger charge is -2.21. The summed E-state index contributed by atoms with van der Waals surface area (Å²) >= 11 is 8.68. The summed E-state index contributed by atoms with van der Waals surface area (Å²) in [5.74, 6) is -0.736. The van der Waals surface area contributed by atoms with Gasteiger partial charge in [0.2, 0.25) is 0 Å². The van der Waals surface area contributed by atoms with Crippen LogP contribution >= 0.6 is 34.3 Å². The van der Waals surface area contributed by atoms with E-state index in [1.807, 2.05) is 6.07 Å². The van der Waals surface area contributed by atoms with Crippen molar-refractivity contribution in [2.75, 3.05) is 5.32 Å². The number of amides is 4. The van der Waals surface area contributed by atoms with E-state index >= 15 is 0 Å². The fraction of sp³-hybridized carbons (Fsp3) is 0.158. The van der Waals surface area contributed by atoms with Crippen LogP contribution in [-0.4, -0.2) is 22.8 Å². The molecule has 0 spiro atoms. The summed E-state index contributed by atoms with van der Waals surface area (Å²) in [5, 5.41) is 8.41. The fourth-order valence-electron chi connectivity index (χ4n) is 2.98. The number of thiazole rings is 1. The number of aromatic nitrogens is 1. The topological polar surface area (TPSA) is 100 Å². The molecule has 10 heteroatoms.